The van der Waals surface area contributed by atoms with Gasteiger partial charge in [-0.1, -0.05) is 0 Å². The quantitative estimate of drug-likeness (QED) is 0.809. The molecule has 0 aliphatic carbocycles. The van der Waals surface area contributed by atoms with Crippen molar-refractivity contribution in [1.82, 2.24) is 24.9 Å². The van der Waals surface area contributed by atoms with Gasteiger partial charge in [-0.3, -0.25) is 9.36 Å². The van der Waals surface area contributed by atoms with Gasteiger partial charge < -0.3 is 5.32 Å². The number of aryl methyl sites for hydroxylation is 1. The number of aromatic nitrogens is 4. The Kier molecular flexibility index (Phi) is 3.36. The average molecular weight is 219 g/mol. The van der Waals surface area contributed by atoms with Crippen LogP contribution in [-0.4, -0.2) is 25.6 Å². The van der Waals surface area contributed by atoms with Gasteiger partial charge in [0, 0.05) is 43.8 Å². The zero-order valence-corrected chi connectivity index (χ0v) is 9.67. The van der Waals surface area contributed by atoms with Crippen LogP contribution in [0.2, 0.25) is 0 Å². The molecule has 0 aliphatic heterocycles. The Morgan fingerprint density at radius 3 is 2.94 bits per heavy atom. The van der Waals surface area contributed by atoms with Crippen LogP contribution in [0.5, 0.6) is 0 Å². The minimum atomic E-state index is 0.389. The van der Waals surface area contributed by atoms with E-state index >= 15 is 0 Å². The molecule has 0 aliphatic rings. The first-order valence-electron chi connectivity index (χ1n) is 5.42. The predicted molar refractivity (Wildman–Crippen MR) is 61.7 cm³/mol. The topological polar surface area (TPSA) is 47.7 Å². The SMILES string of the molecule is CC(Cn1cccn1)NCc1cnn(C)c1. The van der Waals surface area contributed by atoms with E-state index < -0.39 is 0 Å². The van der Waals surface area contributed by atoms with E-state index in [9.17, 15) is 0 Å². The lowest BCUT2D eigenvalue weighted by Crippen LogP contribution is -2.30. The van der Waals surface area contributed by atoms with Crippen molar-refractivity contribution in [2.24, 2.45) is 7.05 Å². The Labute approximate surface area is 95.1 Å². The van der Waals surface area contributed by atoms with Gasteiger partial charge in [-0.15, -0.1) is 0 Å². The monoisotopic (exact) mass is 219 g/mol. The summed E-state index contributed by atoms with van der Waals surface area (Å²) >= 11 is 0. The van der Waals surface area contributed by atoms with E-state index in [1.807, 2.05) is 41.1 Å². The fourth-order valence-corrected chi connectivity index (χ4v) is 1.61. The van der Waals surface area contributed by atoms with Crippen LogP contribution in [-0.2, 0) is 20.1 Å². The van der Waals surface area contributed by atoms with Crippen LogP contribution in [0.3, 0.4) is 0 Å². The number of rotatable bonds is 5. The van der Waals surface area contributed by atoms with E-state index in [-0.39, 0.29) is 0 Å². The maximum Gasteiger partial charge on any atom is 0.0560 e. The van der Waals surface area contributed by atoms with Crippen molar-refractivity contribution in [1.29, 1.82) is 0 Å². The summed E-state index contributed by atoms with van der Waals surface area (Å²) in [7, 11) is 1.93. The molecule has 86 valence electrons. The summed E-state index contributed by atoms with van der Waals surface area (Å²) in [6.07, 6.45) is 7.68. The number of nitrogens with zero attached hydrogens (tertiary/aromatic N) is 4. The average Bonchev–Trinajstić information content (AvgIpc) is 2.87. The Hall–Kier alpha value is -1.62. The minimum absolute atomic E-state index is 0.389. The number of hydrogen-bond acceptors (Lipinski definition) is 3. The van der Waals surface area contributed by atoms with Crippen LogP contribution in [0.4, 0.5) is 0 Å². The molecule has 0 spiro atoms. The molecular weight excluding hydrogens is 202 g/mol. The lowest BCUT2D eigenvalue weighted by atomic mass is 10.3. The largest absolute Gasteiger partial charge is 0.308 e. The first-order valence-corrected chi connectivity index (χ1v) is 5.42. The van der Waals surface area contributed by atoms with Crippen molar-refractivity contribution >= 4 is 0 Å². The Morgan fingerprint density at radius 1 is 1.44 bits per heavy atom. The molecule has 16 heavy (non-hydrogen) atoms. The summed E-state index contributed by atoms with van der Waals surface area (Å²) in [5, 5.41) is 11.7. The third kappa shape index (κ3) is 2.93. The van der Waals surface area contributed by atoms with E-state index in [0.717, 1.165) is 13.1 Å². The van der Waals surface area contributed by atoms with Crippen LogP contribution >= 0.6 is 0 Å². The van der Waals surface area contributed by atoms with Crippen molar-refractivity contribution in [3.8, 4) is 0 Å². The van der Waals surface area contributed by atoms with Crippen molar-refractivity contribution in [3.05, 3.63) is 36.4 Å². The fraction of sp³-hybridized carbons (Fsp3) is 0.455. The summed E-state index contributed by atoms with van der Waals surface area (Å²) in [6, 6.07) is 2.33. The molecule has 0 radical (unpaired) electrons. The maximum atomic E-state index is 4.18. The van der Waals surface area contributed by atoms with Crippen LogP contribution in [0.15, 0.2) is 30.9 Å². The number of nitrogens with one attached hydrogen (secondary N) is 1. The Bertz CT molecular complexity index is 417. The van der Waals surface area contributed by atoms with Crippen molar-refractivity contribution in [2.75, 3.05) is 0 Å². The molecule has 2 heterocycles. The van der Waals surface area contributed by atoms with Gasteiger partial charge in [0.1, 0.15) is 0 Å². The van der Waals surface area contributed by atoms with Gasteiger partial charge in [0.25, 0.3) is 0 Å². The number of hydrogen-bond donors (Lipinski definition) is 1. The van der Waals surface area contributed by atoms with E-state index in [1.54, 1.807) is 6.20 Å². The molecule has 0 aromatic carbocycles. The van der Waals surface area contributed by atoms with Crippen molar-refractivity contribution in [2.45, 2.75) is 26.1 Å². The van der Waals surface area contributed by atoms with E-state index in [0.29, 0.717) is 6.04 Å². The summed E-state index contributed by atoms with van der Waals surface area (Å²) in [5.74, 6) is 0. The Morgan fingerprint density at radius 2 is 2.31 bits per heavy atom. The molecule has 1 N–H and O–H groups in total. The lowest BCUT2D eigenvalue weighted by Gasteiger charge is -2.12. The second-order valence-electron chi connectivity index (χ2n) is 4.03. The molecule has 0 bridgehead atoms. The molecule has 0 amide bonds. The molecule has 2 aromatic rings. The zero-order valence-electron chi connectivity index (χ0n) is 9.67. The van der Waals surface area contributed by atoms with Gasteiger partial charge in [-0.2, -0.15) is 10.2 Å². The second kappa shape index (κ2) is 4.94. The minimum Gasteiger partial charge on any atom is -0.308 e. The van der Waals surface area contributed by atoms with Crippen LogP contribution in [0.1, 0.15) is 12.5 Å². The third-order valence-corrected chi connectivity index (χ3v) is 2.43. The molecule has 5 nitrogen and oxygen atoms in total. The summed E-state index contributed by atoms with van der Waals surface area (Å²) in [4.78, 5) is 0. The third-order valence-electron chi connectivity index (χ3n) is 2.43. The molecule has 0 saturated carbocycles. The van der Waals surface area contributed by atoms with Crippen LogP contribution < -0.4 is 5.32 Å². The van der Waals surface area contributed by atoms with E-state index in [4.69, 9.17) is 0 Å². The Balaban J connectivity index is 1.77. The molecule has 5 heteroatoms. The predicted octanol–water partition coefficient (Wildman–Crippen LogP) is 0.795. The fourth-order valence-electron chi connectivity index (χ4n) is 1.61. The van der Waals surface area contributed by atoms with Crippen molar-refractivity contribution < 1.29 is 0 Å². The highest BCUT2D eigenvalue weighted by Crippen LogP contribution is 1.97. The summed E-state index contributed by atoms with van der Waals surface area (Å²) in [5.41, 5.74) is 1.20. The van der Waals surface area contributed by atoms with E-state index in [1.165, 1.54) is 5.56 Å². The first-order chi connectivity index (χ1) is 7.74. The van der Waals surface area contributed by atoms with Crippen LogP contribution in [0, 0.1) is 0 Å². The standard InChI is InChI=1S/C11H17N5/c1-10(8-16-5-3-4-13-16)12-6-11-7-14-15(2)9-11/h3-5,7,9-10,12H,6,8H2,1-2H3. The normalized spacial score (nSPS) is 12.9. The summed E-state index contributed by atoms with van der Waals surface area (Å²) in [6.45, 7) is 3.88. The summed E-state index contributed by atoms with van der Waals surface area (Å²) < 4.78 is 3.75. The smallest absolute Gasteiger partial charge is 0.0560 e. The molecule has 0 fully saturated rings. The van der Waals surface area contributed by atoms with Gasteiger partial charge >= 0.3 is 0 Å². The second-order valence-corrected chi connectivity index (χ2v) is 4.03. The zero-order chi connectivity index (χ0) is 11.4. The highest BCUT2D eigenvalue weighted by atomic mass is 15.3. The molecule has 0 saturated heterocycles. The molecule has 1 atom stereocenters. The first kappa shape index (κ1) is 10.9. The lowest BCUT2D eigenvalue weighted by molar-refractivity contribution is 0.451. The van der Waals surface area contributed by atoms with Gasteiger partial charge in [-0.25, -0.2) is 0 Å². The molecule has 2 rings (SSSR count). The van der Waals surface area contributed by atoms with Gasteiger partial charge in [0.2, 0.25) is 0 Å². The molecule has 2 aromatic heterocycles. The molecular formula is C11H17N5. The van der Waals surface area contributed by atoms with Gasteiger partial charge in [-0.05, 0) is 13.0 Å². The van der Waals surface area contributed by atoms with Crippen LogP contribution in [0.25, 0.3) is 0 Å². The molecule has 1 unspecified atom stereocenters. The maximum absolute atomic E-state index is 4.18. The van der Waals surface area contributed by atoms with Gasteiger partial charge in [0.15, 0.2) is 0 Å². The highest BCUT2D eigenvalue weighted by Gasteiger charge is 2.03. The highest BCUT2D eigenvalue weighted by molar-refractivity contribution is 5.02. The van der Waals surface area contributed by atoms with E-state index in [2.05, 4.69) is 22.4 Å². The van der Waals surface area contributed by atoms with Gasteiger partial charge in [0.05, 0.1) is 12.7 Å². The van der Waals surface area contributed by atoms with Crippen molar-refractivity contribution in [3.63, 3.8) is 0 Å².